The molecule has 0 amide bonds. The van der Waals surface area contributed by atoms with E-state index in [0.29, 0.717) is 6.61 Å². The zero-order valence-corrected chi connectivity index (χ0v) is 14.3. The SMILES string of the molecule is CCOc1ccc(N=Nc2ccc(CCC(C)CC)cc2)cc1. The Morgan fingerprint density at radius 1 is 0.870 bits per heavy atom. The molecule has 2 rings (SSSR count). The van der Waals surface area contributed by atoms with Crippen LogP contribution in [0.5, 0.6) is 5.75 Å². The smallest absolute Gasteiger partial charge is 0.119 e. The number of benzene rings is 2. The van der Waals surface area contributed by atoms with Gasteiger partial charge in [0, 0.05) is 0 Å². The van der Waals surface area contributed by atoms with E-state index < -0.39 is 0 Å². The summed E-state index contributed by atoms with van der Waals surface area (Å²) in [4.78, 5) is 0. The molecule has 1 atom stereocenters. The van der Waals surface area contributed by atoms with Gasteiger partial charge in [-0.3, -0.25) is 0 Å². The first kappa shape index (κ1) is 17.2. The molecule has 3 nitrogen and oxygen atoms in total. The minimum Gasteiger partial charge on any atom is -0.494 e. The molecule has 0 aliphatic heterocycles. The van der Waals surface area contributed by atoms with E-state index in [2.05, 4.69) is 36.2 Å². The van der Waals surface area contributed by atoms with Crippen LogP contribution in [0.2, 0.25) is 0 Å². The maximum Gasteiger partial charge on any atom is 0.119 e. The number of nitrogens with zero attached hydrogens (tertiary/aromatic N) is 2. The van der Waals surface area contributed by atoms with Crippen molar-refractivity contribution in [2.24, 2.45) is 16.1 Å². The summed E-state index contributed by atoms with van der Waals surface area (Å²) < 4.78 is 5.41. The Kier molecular flexibility index (Phi) is 6.79. The Bertz CT molecular complexity index is 603. The fourth-order valence-electron chi connectivity index (χ4n) is 2.24. The number of aryl methyl sites for hydroxylation is 1. The van der Waals surface area contributed by atoms with Crippen molar-refractivity contribution in [1.82, 2.24) is 0 Å². The van der Waals surface area contributed by atoms with E-state index in [4.69, 9.17) is 4.74 Å². The summed E-state index contributed by atoms with van der Waals surface area (Å²) in [6, 6.07) is 16.0. The third-order valence-electron chi connectivity index (χ3n) is 3.99. The number of azo groups is 1. The van der Waals surface area contributed by atoms with E-state index >= 15 is 0 Å². The van der Waals surface area contributed by atoms with E-state index in [9.17, 15) is 0 Å². The number of hydrogen-bond donors (Lipinski definition) is 0. The van der Waals surface area contributed by atoms with Crippen LogP contribution >= 0.6 is 0 Å². The molecule has 3 heteroatoms. The molecule has 0 bridgehead atoms. The third kappa shape index (κ3) is 5.85. The summed E-state index contributed by atoms with van der Waals surface area (Å²) in [5.74, 6) is 1.64. The maximum absolute atomic E-state index is 5.41. The molecule has 0 aromatic heterocycles. The van der Waals surface area contributed by atoms with Gasteiger partial charge < -0.3 is 4.74 Å². The summed E-state index contributed by atoms with van der Waals surface area (Å²) in [6.45, 7) is 7.19. The topological polar surface area (TPSA) is 34.0 Å². The Labute approximate surface area is 139 Å². The quantitative estimate of drug-likeness (QED) is 0.514. The fraction of sp³-hybridized carbons (Fsp3) is 0.400. The predicted molar refractivity (Wildman–Crippen MR) is 96.0 cm³/mol. The van der Waals surface area contributed by atoms with Crippen molar-refractivity contribution >= 4 is 11.4 Å². The van der Waals surface area contributed by atoms with Crippen LogP contribution in [0.4, 0.5) is 11.4 Å². The molecule has 0 saturated heterocycles. The van der Waals surface area contributed by atoms with Crippen LogP contribution in [0.25, 0.3) is 0 Å². The molecular formula is C20H26N2O. The van der Waals surface area contributed by atoms with E-state index in [1.54, 1.807) is 0 Å². The van der Waals surface area contributed by atoms with Crippen molar-refractivity contribution in [3.05, 3.63) is 54.1 Å². The van der Waals surface area contributed by atoms with Crippen molar-refractivity contribution in [2.75, 3.05) is 6.61 Å². The average Bonchev–Trinajstić information content (AvgIpc) is 2.60. The summed E-state index contributed by atoms with van der Waals surface area (Å²) >= 11 is 0. The van der Waals surface area contributed by atoms with Crippen molar-refractivity contribution in [3.63, 3.8) is 0 Å². The molecule has 0 spiro atoms. The predicted octanol–water partition coefficient (Wildman–Crippen LogP) is 6.48. The first-order valence-corrected chi connectivity index (χ1v) is 8.44. The van der Waals surface area contributed by atoms with Gasteiger partial charge in [0.1, 0.15) is 5.75 Å². The molecule has 0 heterocycles. The molecule has 0 saturated carbocycles. The van der Waals surface area contributed by atoms with E-state index in [0.717, 1.165) is 29.5 Å². The van der Waals surface area contributed by atoms with Crippen LogP contribution in [0.1, 0.15) is 39.2 Å². The second kappa shape index (κ2) is 9.09. The summed E-state index contributed by atoms with van der Waals surface area (Å²) in [5.41, 5.74) is 3.07. The van der Waals surface area contributed by atoms with Gasteiger partial charge in [0.25, 0.3) is 0 Å². The standard InChI is InChI=1S/C20H26N2O/c1-4-16(3)6-7-17-8-10-18(11-9-17)21-22-19-12-14-20(15-13-19)23-5-2/h8-16H,4-7H2,1-3H3. The Morgan fingerprint density at radius 2 is 1.43 bits per heavy atom. The van der Waals surface area contributed by atoms with Crippen LogP contribution in [-0.4, -0.2) is 6.61 Å². The highest BCUT2D eigenvalue weighted by atomic mass is 16.5. The van der Waals surface area contributed by atoms with Gasteiger partial charge in [-0.15, -0.1) is 0 Å². The Hall–Kier alpha value is -2.16. The maximum atomic E-state index is 5.41. The first-order chi connectivity index (χ1) is 11.2. The van der Waals surface area contributed by atoms with Gasteiger partial charge in [-0.2, -0.15) is 10.2 Å². The van der Waals surface area contributed by atoms with Gasteiger partial charge in [0.15, 0.2) is 0 Å². The highest BCUT2D eigenvalue weighted by molar-refractivity contribution is 5.43. The normalized spacial score (nSPS) is 12.5. The van der Waals surface area contributed by atoms with Crippen molar-refractivity contribution in [2.45, 2.75) is 40.0 Å². The largest absolute Gasteiger partial charge is 0.494 e. The highest BCUT2D eigenvalue weighted by Crippen LogP contribution is 2.22. The molecular weight excluding hydrogens is 284 g/mol. The second-order valence-corrected chi connectivity index (χ2v) is 5.85. The van der Waals surface area contributed by atoms with Gasteiger partial charge in [-0.05, 0) is 67.6 Å². The van der Waals surface area contributed by atoms with Crippen molar-refractivity contribution < 1.29 is 4.74 Å². The molecule has 23 heavy (non-hydrogen) atoms. The van der Waals surface area contributed by atoms with Gasteiger partial charge in [0.2, 0.25) is 0 Å². The average molecular weight is 310 g/mol. The molecule has 1 unspecified atom stereocenters. The minimum atomic E-state index is 0.671. The Morgan fingerprint density at radius 3 is 1.96 bits per heavy atom. The molecule has 0 N–H and O–H groups in total. The fourth-order valence-corrected chi connectivity index (χ4v) is 2.24. The van der Waals surface area contributed by atoms with Gasteiger partial charge >= 0.3 is 0 Å². The first-order valence-electron chi connectivity index (χ1n) is 8.44. The van der Waals surface area contributed by atoms with E-state index in [1.807, 2.05) is 43.3 Å². The lowest BCUT2D eigenvalue weighted by Crippen LogP contribution is -1.94. The minimum absolute atomic E-state index is 0.671. The van der Waals surface area contributed by atoms with Gasteiger partial charge in [-0.25, -0.2) is 0 Å². The molecule has 2 aromatic rings. The molecule has 0 aliphatic carbocycles. The molecule has 0 aliphatic rings. The number of rotatable bonds is 8. The molecule has 2 aromatic carbocycles. The summed E-state index contributed by atoms with van der Waals surface area (Å²) in [7, 11) is 0. The van der Waals surface area contributed by atoms with Crippen LogP contribution in [0, 0.1) is 5.92 Å². The number of hydrogen-bond acceptors (Lipinski definition) is 3. The van der Waals surface area contributed by atoms with Gasteiger partial charge in [0.05, 0.1) is 18.0 Å². The van der Waals surface area contributed by atoms with Crippen LogP contribution in [0.3, 0.4) is 0 Å². The third-order valence-corrected chi connectivity index (χ3v) is 3.99. The van der Waals surface area contributed by atoms with Crippen LogP contribution in [-0.2, 0) is 6.42 Å². The highest BCUT2D eigenvalue weighted by Gasteiger charge is 2.00. The van der Waals surface area contributed by atoms with Crippen molar-refractivity contribution in [3.8, 4) is 5.75 Å². The molecule has 122 valence electrons. The number of ether oxygens (including phenoxy) is 1. The summed E-state index contributed by atoms with van der Waals surface area (Å²) in [5, 5.41) is 8.55. The lowest BCUT2D eigenvalue weighted by Gasteiger charge is -2.07. The lowest BCUT2D eigenvalue weighted by atomic mass is 9.99. The molecule has 0 radical (unpaired) electrons. The van der Waals surface area contributed by atoms with Crippen LogP contribution < -0.4 is 4.74 Å². The monoisotopic (exact) mass is 310 g/mol. The van der Waals surface area contributed by atoms with E-state index in [1.165, 1.54) is 18.4 Å². The van der Waals surface area contributed by atoms with E-state index in [-0.39, 0.29) is 0 Å². The zero-order chi connectivity index (χ0) is 16.5. The second-order valence-electron chi connectivity index (χ2n) is 5.85. The Balaban J connectivity index is 1.92. The van der Waals surface area contributed by atoms with Gasteiger partial charge in [-0.1, -0.05) is 32.4 Å². The van der Waals surface area contributed by atoms with Crippen molar-refractivity contribution in [1.29, 1.82) is 0 Å². The zero-order valence-electron chi connectivity index (χ0n) is 14.3. The summed E-state index contributed by atoms with van der Waals surface area (Å²) in [6.07, 6.45) is 3.61. The van der Waals surface area contributed by atoms with Crippen LogP contribution in [0.15, 0.2) is 58.8 Å². The lowest BCUT2D eigenvalue weighted by molar-refractivity contribution is 0.340. The molecule has 0 fully saturated rings.